The number of hydrogen-bond donors (Lipinski definition) is 1. The van der Waals surface area contributed by atoms with Crippen LogP contribution >= 0.6 is 0 Å². The topological polar surface area (TPSA) is 80.5 Å². The standard InChI is InChI=1S/C26H32N4O3/c1-19-7-5-9-22(17-19)25-28-24(33-29-25)18-30-15-12-21(13-16-30)26(31)27-14-6-10-20-8-3-4-11-23(20)32-2/h3-5,7-9,11,17,21H,6,10,12-16,18H2,1-2H3,(H,27,31). The van der Waals surface area contributed by atoms with Crippen LogP contribution < -0.4 is 10.1 Å². The zero-order valence-electron chi connectivity index (χ0n) is 19.4. The van der Waals surface area contributed by atoms with Crippen molar-refractivity contribution in [1.82, 2.24) is 20.4 Å². The Kier molecular flexibility index (Phi) is 7.73. The van der Waals surface area contributed by atoms with Crippen LogP contribution in [0.2, 0.25) is 0 Å². The van der Waals surface area contributed by atoms with E-state index in [4.69, 9.17) is 9.26 Å². The first-order valence-corrected chi connectivity index (χ1v) is 11.6. The van der Waals surface area contributed by atoms with Gasteiger partial charge in [-0.3, -0.25) is 9.69 Å². The summed E-state index contributed by atoms with van der Waals surface area (Å²) < 4.78 is 10.9. The van der Waals surface area contributed by atoms with Gasteiger partial charge in [-0.05, 0) is 63.4 Å². The van der Waals surface area contributed by atoms with Gasteiger partial charge in [0.2, 0.25) is 17.6 Å². The molecule has 0 bridgehead atoms. The summed E-state index contributed by atoms with van der Waals surface area (Å²) in [5.74, 6) is 2.37. The molecule has 2 aromatic carbocycles. The minimum Gasteiger partial charge on any atom is -0.496 e. The molecular weight excluding hydrogens is 416 g/mol. The summed E-state index contributed by atoms with van der Waals surface area (Å²) in [6.07, 6.45) is 3.47. The largest absolute Gasteiger partial charge is 0.496 e. The molecule has 1 amide bonds. The summed E-state index contributed by atoms with van der Waals surface area (Å²) in [7, 11) is 1.69. The smallest absolute Gasteiger partial charge is 0.241 e. The summed E-state index contributed by atoms with van der Waals surface area (Å²) >= 11 is 0. The second-order valence-electron chi connectivity index (χ2n) is 8.64. The van der Waals surface area contributed by atoms with Crippen LogP contribution in [0, 0.1) is 12.8 Å². The average Bonchev–Trinajstić information content (AvgIpc) is 3.31. The SMILES string of the molecule is COc1ccccc1CCCNC(=O)C1CCN(Cc2nc(-c3cccc(C)c3)no2)CC1. The van der Waals surface area contributed by atoms with Crippen molar-refractivity contribution in [3.8, 4) is 17.1 Å². The Morgan fingerprint density at radius 1 is 1.18 bits per heavy atom. The minimum atomic E-state index is 0.0676. The van der Waals surface area contributed by atoms with Crippen molar-refractivity contribution in [1.29, 1.82) is 0 Å². The van der Waals surface area contributed by atoms with E-state index in [1.807, 2.05) is 43.3 Å². The lowest BCUT2D eigenvalue weighted by Gasteiger charge is -2.30. The van der Waals surface area contributed by atoms with Crippen LogP contribution in [0.5, 0.6) is 5.75 Å². The number of carbonyl (C=O) groups excluding carboxylic acids is 1. The Labute approximate surface area is 195 Å². The number of nitrogens with one attached hydrogen (secondary N) is 1. The molecule has 1 fully saturated rings. The number of ether oxygens (including phenoxy) is 1. The van der Waals surface area contributed by atoms with Crippen molar-refractivity contribution in [3.63, 3.8) is 0 Å². The number of piperidine rings is 1. The Morgan fingerprint density at radius 3 is 2.79 bits per heavy atom. The van der Waals surface area contributed by atoms with Crippen LogP contribution in [0.15, 0.2) is 53.1 Å². The minimum absolute atomic E-state index is 0.0676. The Hall–Kier alpha value is -3.19. The molecule has 1 aromatic heterocycles. The number of para-hydroxylation sites is 1. The molecule has 33 heavy (non-hydrogen) atoms. The molecule has 0 unspecified atom stereocenters. The van der Waals surface area contributed by atoms with E-state index in [0.717, 1.165) is 50.1 Å². The predicted octanol–water partition coefficient (Wildman–Crippen LogP) is 4.01. The van der Waals surface area contributed by atoms with Gasteiger partial charge < -0.3 is 14.6 Å². The van der Waals surface area contributed by atoms with Crippen LogP contribution in [-0.2, 0) is 17.8 Å². The summed E-state index contributed by atoms with van der Waals surface area (Å²) in [5.41, 5.74) is 3.30. The number of aryl methyl sites for hydroxylation is 2. The van der Waals surface area contributed by atoms with Crippen LogP contribution in [-0.4, -0.2) is 47.7 Å². The third-order valence-corrected chi connectivity index (χ3v) is 6.18. The van der Waals surface area contributed by atoms with E-state index < -0.39 is 0 Å². The molecule has 7 heteroatoms. The second-order valence-corrected chi connectivity index (χ2v) is 8.64. The van der Waals surface area contributed by atoms with Gasteiger partial charge in [-0.2, -0.15) is 4.98 Å². The van der Waals surface area contributed by atoms with Crippen LogP contribution in [0.25, 0.3) is 11.4 Å². The quantitative estimate of drug-likeness (QED) is 0.498. The summed E-state index contributed by atoms with van der Waals surface area (Å²) in [5, 5.41) is 7.24. The van der Waals surface area contributed by atoms with Gasteiger partial charge in [0.1, 0.15) is 5.75 Å². The highest BCUT2D eigenvalue weighted by molar-refractivity contribution is 5.78. The fourth-order valence-corrected chi connectivity index (χ4v) is 4.31. The summed E-state index contributed by atoms with van der Waals surface area (Å²) in [4.78, 5) is 19.4. The van der Waals surface area contributed by atoms with Gasteiger partial charge in [-0.25, -0.2) is 0 Å². The molecule has 0 radical (unpaired) electrons. The van der Waals surface area contributed by atoms with E-state index in [2.05, 4.69) is 32.5 Å². The maximum atomic E-state index is 12.6. The van der Waals surface area contributed by atoms with Gasteiger partial charge in [-0.1, -0.05) is 47.1 Å². The number of benzene rings is 2. The van der Waals surface area contributed by atoms with E-state index in [1.165, 1.54) is 11.1 Å². The van der Waals surface area contributed by atoms with Crippen molar-refractivity contribution in [2.24, 2.45) is 5.92 Å². The zero-order valence-corrected chi connectivity index (χ0v) is 19.4. The van der Waals surface area contributed by atoms with E-state index in [9.17, 15) is 4.79 Å². The molecule has 174 valence electrons. The molecule has 7 nitrogen and oxygen atoms in total. The van der Waals surface area contributed by atoms with Crippen molar-refractivity contribution < 1.29 is 14.1 Å². The Bertz CT molecular complexity index is 1060. The number of aromatic nitrogens is 2. The molecule has 0 aliphatic carbocycles. The Balaban J connectivity index is 1.18. The molecule has 3 aromatic rings. The van der Waals surface area contributed by atoms with Crippen molar-refractivity contribution in [2.45, 2.75) is 39.2 Å². The van der Waals surface area contributed by atoms with Gasteiger partial charge in [-0.15, -0.1) is 0 Å². The van der Waals surface area contributed by atoms with Gasteiger partial charge >= 0.3 is 0 Å². The fourth-order valence-electron chi connectivity index (χ4n) is 4.31. The predicted molar refractivity (Wildman–Crippen MR) is 127 cm³/mol. The second kappa shape index (κ2) is 11.1. The highest BCUT2D eigenvalue weighted by atomic mass is 16.5. The first-order chi connectivity index (χ1) is 16.1. The van der Waals surface area contributed by atoms with Gasteiger partial charge in [0.15, 0.2) is 0 Å². The lowest BCUT2D eigenvalue weighted by Crippen LogP contribution is -2.40. The lowest BCUT2D eigenvalue weighted by atomic mass is 9.96. The molecule has 1 saturated heterocycles. The summed E-state index contributed by atoms with van der Waals surface area (Å²) in [6.45, 7) is 5.04. The van der Waals surface area contributed by atoms with Crippen molar-refractivity contribution in [3.05, 3.63) is 65.5 Å². The maximum Gasteiger partial charge on any atom is 0.241 e. The fraction of sp³-hybridized carbons (Fsp3) is 0.423. The third kappa shape index (κ3) is 6.20. The molecule has 2 heterocycles. The molecule has 0 spiro atoms. The van der Waals surface area contributed by atoms with E-state index in [-0.39, 0.29) is 11.8 Å². The molecule has 1 N–H and O–H groups in total. The molecule has 4 rings (SSSR count). The molecule has 1 aliphatic heterocycles. The number of hydrogen-bond acceptors (Lipinski definition) is 6. The highest BCUT2D eigenvalue weighted by Gasteiger charge is 2.25. The molecule has 0 saturated carbocycles. The number of nitrogens with zero attached hydrogens (tertiary/aromatic N) is 3. The molecular formula is C26H32N4O3. The van der Waals surface area contributed by atoms with Crippen LogP contribution in [0.1, 0.15) is 36.3 Å². The number of carbonyl (C=O) groups is 1. The Morgan fingerprint density at radius 2 is 2.00 bits per heavy atom. The van der Waals surface area contributed by atoms with Crippen LogP contribution in [0.4, 0.5) is 0 Å². The van der Waals surface area contributed by atoms with Crippen molar-refractivity contribution in [2.75, 3.05) is 26.7 Å². The zero-order chi connectivity index (χ0) is 23.0. The number of rotatable bonds is 9. The average molecular weight is 449 g/mol. The van der Waals surface area contributed by atoms with E-state index in [0.29, 0.717) is 24.8 Å². The number of methoxy groups -OCH3 is 1. The van der Waals surface area contributed by atoms with Gasteiger partial charge in [0.05, 0.1) is 13.7 Å². The van der Waals surface area contributed by atoms with Gasteiger partial charge in [0.25, 0.3) is 0 Å². The normalized spacial score (nSPS) is 14.8. The van der Waals surface area contributed by atoms with E-state index in [1.54, 1.807) is 7.11 Å². The summed E-state index contributed by atoms with van der Waals surface area (Å²) in [6, 6.07) is 16.1. The van der Waals surface area contributed by atoms with Crippen molar-refractivity contribution >= 4 is 5.91 Å². The monoisotopic (exact) mass is 448 g/mol. The first-order valence-electron chi connectivity index (χ1n) is 11.6. The first kappa shape index (κ1) is 23.0. The molecule has 0 atom stereocenters. The van der Waals surface area contributed by atoms with E-state index >= 15 is 0 Å². The number of amides is 1. The maximum absolute atomic E-state index is 12.6. The molecule has 1 aliphatic rings. The van der Waals surface area contributed by atoms with Crippen LogP contribution in [0.3, 0.4) is 0 Å². The van der Waals surface area contributed by atoms with Gasteiger partial charge in [0, 0.05) is 18.0 Å². The third-order valence-electron chi connectivity index (χ3n) is 6.18. The lowest BCUT2D eigenvalue weighted by molar-refractivity contribution is -0.126. The highest BCUT2D eigenvalue weighted by Crippen LogP contribution is 2.22. The number of likely N-dealkylation sites (tertiary alicyclic amines) is 1.